The second-order valence-electron chi connectivity index (χ2n) is 4.12. The van der Waals surface area contributed by atoms with Gasteiger partial charge >= 0.3 is 0 Å². The third-order valence-corrected chi connectivity index (χ3v) is 3.32. The van der Waals surface area contributed by atoms with Gasteiger partial charge in [0.05, 0.1) is 0 Å². The first kappa shape index (κ1) is 12.6. The average Bonchev–Trinajstić information content (AvgIpc) is 1.84. The van der Waals surface area contributed by atoms with Crippen molar-refractivity contribution < 1.29 is 0 Å². The Hall–Kier alpha value is 1.60. The van der Waals surface area contributed by atoms with E-state index in [-0.39, 0.29) is 51.4 Å². The summed E-state index contributed by atoms with van der Waals surface area (Å²) in [4.78, 5) is 2.47. The van der Waals surface area contributed by atoms with Gasteiger partial charge in [-0.2, -0.15) is 0 Å². The fourth-order valence-electron chi connectivity index (χ4n) is 1.65. The van der Waals surface area contributed by atoms with Crippen molar-refractivity contribution in [3.63, 3.8) is 0 Å². The zero-order chi connectivity index (χ0) is 7.78. The molecule has 2 heteroatoms. The van der Waals surface area contributed by atoms with Crippen LogP contribution in [0.5, 0.6) is 0 Å². The van der Waals surface area contributed by atoms with Crippen LogP contribution in [0, 0.1) is 5.92 Å². The maximum absolute atomic E-state index is 2.47. The maximum atomic E-state index is 2.47. The van der Waals surface area contributed by atoms with Gasteiger partial charge in [0.2, 0.25) is 0 Å². The molecule has 0 N–H and O–H groups in total. The first-order valence-corrected chi connectivity index (χ1v) is 4.26. The minimum absolute atomic E-state index is 0. The molecule has 1 aliphatic rings. The molecule has 0 aromatic carbocycles. The van der Waals surface area contributed by atoms with E-state index in [1.165, 1.54) is 19.4 Å². The predicted molar refractivity (Wildman–Crippen MR) is 50.9 cm³/mol. The minimum atomic E-state index is 0. The summed E-state index contributed by atoms with van der Waals surface area (Å²) in [6.07, 6.45) is 2.78. The number of rotatable bonds is 0. The fourth-order valence-corrected chi connectivity index (χ4v) is 1.65. The van der Waals surface area contributed by atoms with Crippen LogP contribution in [-0.4, -0.2) is 75.4 Å². The van der Waals surface area contributed by atoms with Crippen LogP contribution in [-0.2, 0) is 0 Å². The molecule has 0 bridgehead atoms. The number of hydrogen-bond donors (Lipinski definition) is 0. The van der Waals surface area contributed by atoms with Crippen molar-refractivity contribution >= 4 is 51.4 Å². The third kappa shape index (κ3) is 2.78. The molecule has 1 rings (SSSR count). The Morgan fingerprint density at radius 2 is 1.91 bits per heavy atom. The van der Waals surface area contributed by atoms with Gasteiger partial charge in [0, 0.05) is 56.9 Å². The van der Waals surface area contributed by atoms with Crippen molar-refractivity contribution in [3.8, 4) is 0 Å². The molecule has 1 aliphatic heterocycles. The van der Waals surface area contributed by atoms with Crippen LogP contribution < -0.4 is 0 Å². The van der Waals surface area contributed by atoms with Crippen LogP contribution in [0.1, 0.15) is 33.6 Å². The molecule has 1 heterocycles. The molecule has 1 radical (unpaired) electrons. The quantitative estimate of drug-likeness (QED) is 0.513. The summed E-state index contributed by atoms with van der Waals surface area (Å²) in [6, 6.07) is 0. The molecule has 61 valence electrons. The van der Waals surface area contributed by atoms with Gasteiger partial charge in [-0.3, -0.25) is 0 Å². The van der Waals surface area contributed by atoms with E-state index in [9.17, 15) is 0 Å². The molecule has 0 aromatic rings. The molecule has 1 nitrogen and oxygen atoms in total. The van der Waals surface area contributed by atoms with Crippen molar-refractivity contribution in [2.45, 2.75) is 39.2 Å². The molecular formula is C9H19KN. The summed E-state index contributed by atoms with van der Waals surface area (Å²) >= 11 is 0. The van der Waals surface area contributed by atoms with E-state index in [1.807, 2.05) is 0 Å². The van der Waals surface area contributed by atoms with E-state index in [0.717, 1.165) is 5.92 Å². The predicted octanol–water partition coefficient (Wildman–Crippen LogP) is 1.75. The monoisotopic (exact) mass is 180 g/mol. The van der Waals surface area contributed by atoms with Gasteiger partial charge in [-0.25, -0.2) is 0 Å². The van der Waals surface area contributed by atoms with Gasteiger partial charge in [-0.05, 0) is 46.2 Å². The molecule has 1 unspecified atom stereocenters. The van der Waals surface area contributed by atoms with E-state index in [0.29, 0.717) is 5.54 Å². The topological polar surface area (TPSA) is 3.24 Å². The summed E-state index contributed by atoms with van der Waals surface area (Å²) in [6.45, 7) is 8.32. The average molecular weight is 180 g/mol. The van der Waals surface area contributed by atoms with Crippen LogP contribution >= 0.6 is 0 Å². The molecule has 0 amide bonds. The maximum Gasteiger partial charge on any atom is 0.0175 e. The normalized spacial score (nSPS) is 31.1. The molecule has 0 aliphatic carbocycles. The molecule has 1 atom stereocenters. The second kappa shape index (κ2) is 4.73. The zero-order valence-corrected chi connectivity index (χ0v) is 11.8. The molecular weight excluding hydrogens is 161 g/mol. The van der Waals surface area contributed by atoms with Crippen molar-refractivity contribution in [3.05, 3.63) is 0 Å². The molecule has 11 heavy (non-hydrogen) atoms. The van der Waals surface area contributed by atoms with E-state index in [2.05, 4.69) is 32.7 Å². The minimum Gasteiger partial charge on any atom is -0.301 e. The first-order valence-electron chi connectivity index (χ1n) is 4.26. The van der Waals surface area contributed by atoms with E-state index in [4.69, 9.17) is 0 Å². The van der Waals surface area contributed by atoms with Gasteiger partial charge < -0.3 is 4.90 Å². The Bertz CT molecular complexity index is 111. The van der Waals surface area contributed by atoms with Crippen LogP contribution in [0.15, 0.2) is 0 Å². The summed E-state index contributed by atoms with van der Waals surface area (Å²) in [7, 11) is 2.23. The molecule has 1 saturated heterocycles. The SMILES string of the molecule is CC1CCCN(C)C1(C)C.[K]. The Morgan fingerprint density at radius 3 is 2.27 bits per heavy atom. The van der Waals surface area contributed by atoms with Crippen molar-refractivity contribution in [1.29, 1.82) is 0 Å². The third-order valence-electron chi connectivity index (χ3n) is 3.32. The standard InChI is InChI=1S/C9H19N.K/c1-8-6-5-7-10(4)9(8,2)3;/h8H,5-7H2,1-4H3;. The summed E-state index contributed by atoms with van der Waals surface area (Å²) in [5.74, 6) is 0.853. The van der Waals surface area contributed by atoms with Crippen LogP contribution in [0.4, 0.5) is 0 Å². The molecule has 0 saturated carbocycles. The van der Waals surface area contributed by atoms with E-state index >= 15 is 0 Å². The number of nitrogens with zero attached hydrogens (tertiary/aromatic N) is 1. The Kier molecular flexibility index (Phi) is 5.41. The zero-order valence-electron chi connectivity index (χ0n) is 8.65. The van der Waals surface area contributed by atoms with Gasteiger partial charge in [0.25, 0.3) is 0 Å². The number of piperidine rings is 1. The first-order chi connectivity index (χ1) is 4.55. The molecule has 1 fully saturated rings. The largest absolute Gasteiger partial charge is 0.301 e. The summed E-state index contributed by atoms with van der Waals surface area (Å²) in [5, 5.41) is 0. The van der Waals surface area contributed by atoms with Crippen LogP contribution in [0.2, 0.25) is 0 Å². The van der Waals surface area contributed by atoms with E-state index < -0.39 is 0 Å². The van der Waals surface area contributed by atoms with Crippen LogP contribution in [0.25, 0.3) is 0 Å². The smallest absolute Gasteiger partial charge is 0.0175 e. The second-order valence-corrected chi connectivity index (χ2v) is 4.12. The van der Waals surface area contributed by atoms with Crippen LogP contribution in [0.3, 0.4) is 0 Å². The summed E-state index contributed by atoms with van der Waals surface area (Å²) in [5.41, 5.74) is 0.429. The van der Waals surface area contributed by atoms with Crippen molar-refractivity contribution in [2.24, 2.45) is 5.92 Å². The molecule has 0 spiro atoms. The Labute approximate surface area is 113 Å². The van der Waals surface area contributed by atoms with Gasteiger partial charge in [0.1, 0.15) is 0 Å². The van der Waals surface area contributed by atoms with Gasteiger partial charge in [0.15, 0.2) is 0 Å². The summed E-state index contributed by atoms with van der Waals surface area (Å²) < 4.78 is 0. The van der Waals surface area contributed by atoms with Gasteiger partial charge in [-0.1, -0.05) is 6.92 Å². The number of hydrogen-bond acceptors (Lipinski definition) is 1. The number of likely N-dealkylation sites (tertiary alicyclic amines) is 1. The fraction of sp³-hybridized carbons (Fsp3) is 1.00. The van der Waals surface area contributed by atoms with Gasteiger partial charge in [-0.15, -0.1) is 0 Å². The van der Waals surface area contributed by atoms with Crippen molar-refractivity contribution in [1.82, 2.24) is 4.90 Å². The Balaban J connectivity index is 0.000001000. The van der Waals surface area contributed by atoms with E-state index in [1.54, 1.807) is 0 Å². The van der Waals surface area contributed by atoms with Crippen molar-refractivity contribution in [2.75, 3.05) is 13.6 Å². The Morgan fingerprint density at radius 1 is 1.36 bits per heavy atom. The molecule has 0 aromatic heterocycles.